The number of allylic oxidation sites excluding steroid dienone is 4. The molecule has 304 valence electrons. The highest BCUT2D eigenvalue weighted by molar-refractivity contribution is 5.70. The first-order chi connectivity index (χ1) is 25.3. The summed E-state index contributed by atoms with van der Waals surface area (Å²) >= 11 is 0. The van der Waals surface area contributed by atoms with Gasteiger partial charge in [-0.25, -0.2) is 0 Å². The Morgan fingerprint density at radius 3 is 1.56 bits per heavy atom. The predicted molar refractivity (Wildman–Crippen MR) is 206 cm³/mol. The van der Waals surface area contributed by atoms with Gasteiger partial charge in [0.2, 0.25) is 0 Å². The summed E-state index contributed by atoms with van der Waals surface area (Å²) in [6.45, 7) is 3.36. The lowest BCUT2D eigenvalue weighted by atomic mass is 9.99. The Labute approximate surface area is 315 Å². The Morgan fingerprint density at radius 1 is 0.577 bits per heavy atom. The van der Waals surface area contributed by atoms with Crippen LogP contribution in [0.15, 0.2) is 24.3 Å². The van der Waals surface area contributed by atoms with E-state index in [0.29, 0.717) is 12.8 Å². The summed E-state index contributed by atoms with van der Waals surface area (Å²) in [5.41, 5.74) is 0. The molecule has 1 aliphatic rings. The molecule has 0 aromatic heterocycles. The highest BCUT2D eigenvalue weighted by Gasteiger charge is 2.44. The number of esters is 2. The van der Waals surface area contributed by atoms with Gasteiger partial charge in [0.1, 0.15) is 31.0 Å². The van der Waals surface area contributed by atoms with Crippen molar-refractivity contribution in [2.24, 2.45) is 0 Å². The molecular weight excluding hydrogens is 664 g/mol. The number of rotatable bonds is 34. The van der Waals surface area contributed by atoms with E-state index < -0.39 is 49.4 Å². The molecule has 10 heteroatoms. The molecule has 1 rings (SSSR count). The SMILES string of the molecule is CCCCC/C=C/CCCCCCCC(=O)OC[C@H](CO[C@@H]1O[C@H](CO)[C@H](O)C(O)C1O)OC(=O)CCCCC/C=C/CCCCCCCCCC. The molecule has 0 bridgehead atoms. The molecule has 4 N–H and O–H groups in total. The van der Waals surface area contributed by atoms with E-state index in [4.69, 9.17) is 18.9 Å². The molecule has 1 saturated heterocycles. The molecule has 0 aliphatic carbocycles. The molecule has 10 nitrogen and oxygen atoms in total. The van der Waals surface area contributed by atoms with Gasteiger partial charge in [0, 0.05) is 12.8 Å². The van der Waals surface area contributed by atoms with Crippen molar-refractivity contribution in [2.45, 2.75) is 211 Å². The third-order valence-electron chi connectivity index (χ3n) is 9.56. The van der Waals surface area contributed by atoms with Crippen LogP contribution >= 0.6 is 0 Å². The van der Waals surface area contributed by atoms with Crippen LogP contribution in [0.5, 0.6) is 0 Å². The molecule has 1 fully saturated rings. The quantitative estimate of drug-likeness (QED) is 0.0289. The molecule has 0 saturated carbocycles. The molecule has 6 atom stereocenters. The average molecular weight is 741 g/mol. The predicted octanol–water partition coefficient (Wildman–Crippen LogP) is 8.16. The summed E-state index contributed by atoms with van der Waals surface area (Å²) in [6.07, 6.45) is 27.6. The van der Waals surface area contributed by atoms with Crippen molar-refractivity contribution in [3.8, 4) is 0 Å². The van der Waals surface area contributed by atoms with E-state index in [1.165, 1.54) is 70.6 Å². The zero-order chi connectivity index (χ0) is 38.1. The number of ether oxygens (including phenoxy) is 4. The van der Waals surface area contributed by atoms with Gasteiger partial charge in [0.15, 0.2) is 12.4 Å². The Morgan fingerprint density at radius 2 is 1.02 bits per heavy atom. The normalized spacial score (nSPS) is 21.2. The first-order valence-electron chi connectivity index (χ1n) is 20.9. The van der Waals surface area contributed by atoms with E-state index in [0.717, 1.165) is 64.2 Å². The van der Waals surface area contributed by atoms with E-state index >= 15 is 0 Å². The molecule has 1 heterocycles. The van der Waals surface area contributed by atoms with Crippen LogP contribution in [0.4, 0.5) is 0 Å². The van der Waals surface area contributed by atoms with E-state index in [1.807, 2.05) is 0 Å². The number of unbranched alkanes of at least 4 members (excludes halogenated alkanes) is 19. The first kappa shape index (κ1) is 48.2. The largest absolute Gasteiger partial charge is 0.462 e. The van der Waals surface area contributed by atoms with Crippen LogP contribution in [-0.2, 0) is 28.5 Å². The van der Waals surface area contributed by atoms with E-state index in [2.05, 4.69) is 38.2 Å². The van der Waals surface area contributed by atoms with Crippen LogP contribution in [-0.4, -0.2) is 89.0 Å². The molecule has 52 heavy (non-hydrogen) atoms. The number of hydrogen-bond donors (Lipinski definition) is 4. The fraction of sp³-hybridized carbons (Fsp3) is 0.857. The Kier molecular flexibility index (Phi) is 31.3. The number of aliphatic hydroxyl groups excluding tert-OH is 4. The van der Waals surface area contributed by atoms with Crippen molar-refractivity contribution >= 4 is 11.9 Å². The van der Waals surface area contributed by atoms with Crippen molar-refractivity contribution in [1.29, 1.82) is 0 Å². The van der Waals surface area contributed by atoms with E-state index in [9.17, 15) is 30.0 Å². The van der Waals surface area contributed by atoms with Crippen molar-refractivity contribution in [1.82, 2.24) is 0 Å². The van der Waals surface area contributed by atoms with Gasteiger partial charge in [-0.05, 0) is 64.2 Å². The van der Waals surface area contributed by atoms with Crippen molar-refractivity contribution in [3.05, 3.63) is 24.3 Å². The highest BCUT2D eigenvalue weighted by atomic mass is 16.7. The lowest BCUT2D eigenvalue weighted by Crippen LogP contribution is -2.59. The lowest BCUT2D eigenvalue weighted by Gasteiger charge is -2.39. The van der Waals surface area contributed by atoms with Crippen molar-refractivity contribution < 1.29 is 49.0 Å². The van der Waals surface area contributed by atoms with Gasteiger partial charge in [-0.2, -0.15) is 0 Å². The van der Waals surface area contributed by atoms with Crippen LogP contribution in [0, 0.1) is 0 Å². The maximum Gasteiger partial charge on any atom is 0.306 e. The second-order valence-corrected chi connectivity index (χ2v) is 14.4. The molecule has 0 radical (unpaired) electrons. The van der Waals surface area contributed by atoms with Crippen LogP contribution in [0.1, 0.15) is 174 Å². The minimum Gasteiger partial charge on any atom is -0.462 e. The number of carbonyl (C=O) groups excluding carboxylic acids is 2. The van der Waals surface area contributed by atoms with Gasteiger partial charge < -0.3 is 39.4 Å². The number of aliphatic hydroxyl groups is 4. The van der Waals surface area contributed by atoms with E-state index in [-0.39, 0.29) is 32.0 Å². The standard InChI is InChI=1S/C42H76O10/c1-3-5-7-9-11-13-15-17-18-19-21-23-25-27-29-31-38(45)51-35(34-50-42-41(48)40(47)39(46)36(32-43)52-42)33-49-37(44)30-28-26-24-22-20-16-14-12-10-8-6-4-2/h12,14,19,21,35-36,39-43,46-48H,3-11,13,15-18,20,22-34H2,1-2H3/b14-12+,21-19+/t35-,36-,39+,40?,41?,42-/m1/s1. The highest BCUT2D eigenvalue weighted by Crippen LogP contribution is 2.22. The van der Waals surface area contributed by atoms with Crippen molar-refractivity contribution in [2.75, 3.05) is 19.8 Å². The minimum atomic E-state index is -1.60. The fourth-order valence-corrected chi connectivity index (χ4v) is 6.18. The Balaban J connectivity index is 2.38. The second-order valence-electron chi connectivity index (χ2n) is 14.4. The maximum atomic E-state index is 12.7. The van der Waals surface area contributed by atoms with Crippen LogP contribution in [0.3, 0.4) is 0 Å². The lowest BCUT2D eigenvalue weighted by molar-refractivity contribution is -0.305. The van der Waals surface area contributed by atoms with Crippen LogP contribution in [0.25, 0.3) is 0 Å². The average Bonchev–Trinajstić information content (AvgIpc) is 3.14. The van der Waals surface area contributed by atoms with Gasteiger partial charge in [-0.15, -0.1) is 0 Å². The number of hydrogen-bond acceptors (Lipinski definition) is 10. The fourth-order valence-electron chi connectivity index (χ4n) is 6.18. The first-order valence-corrected chi connectivity index (χ1v) is 20.9. The van der Waals surface area contributed by atoms with Crippen molar-refractivity contribution in [3.63, 3.8) is 0 Å². The monoisotopic (exact) mass is 741 g/mol. The third-order valence-corrected chi connectivity index (χ3v) is 9.56. The van der Waals surface area contributed by atoms with Crippen LogP contribution < -0.4 is 0 Å². The van der Waals surface area contributed by atoms with Gasteiger partial charge in [0.05, 0.1) is 13.2 Å². The van der Waals surface area contributed by atoms with Gasteiger partial charge >= 0.3 is 11.9 Å². The number of carbonyl (C=O) groups is 2. The van der Waals surface area contributed by atoms with Gasteiger partial charge in [-0.3, -0.25) is 9.59 Å². The molecule has 2 unspecified atom stereocenters. The third kappa shape index (κ3) is 25.2. The Hall–Kier alpha value is -1.82. The molecular formula is C42H76O10. The minimum absolute atomic E-state index is 0.209. The summed E-state index contributed by atoms with van der Waals surface area (Å²) in [7, 11) is 0. The van der Waals surface area contributed by atoms with Gasteiger partial charge in [0.25, 0.3) is 0 Å². The summed E-state index contributed by atoms with van der Waals surface area (Å²) in [5, 5.41) is 40.0. The zero-order valence-corrected chi connectivity index (χ0v) is 32.8. The maximum absolute atomic E-state index is 12.7. The second kappa shape index (κ2) is 33.7. The molecule has 0 spiro atoms. The molecule has 0 aromatic rings. The summed E-state index contributed by atoms with van der Waals surface area (Å²) in [6, 6.07) is 0. The summed E-state index contributed by atoms with van der Waals surface area (Å²) in [4.78, 5) is 25.2. The Bertz CT molecular complexity index is 907. The summed E-state index contributed by atoms with van der Waals surface area (Å²) < 4.78 is 22.1. The topological polar surface area (TPSA) is 152 Å². The molecule has 0 amide bonds. The smallest absolute Gasteiger partial charge is 0.306 e. The van der Waals surface area contributed by atoms with Gasteiger partial charge in [-0.1, -0.05) is 122 Å². The zero-order valence-electron chi connectivity index (χ0n) is 32.8. The van der Waals surface area contributed by atoms with Crippen LogP contribution in [0.2, 0.25) is 0 Å². The molecule has 0 aromatic carbocycles. The molecule has 1 aliphatic heterocycles. The summed E-state index contributed by atoms with van der Waals surface area (Å²) in [5.74, 6) is -0.834. The van der Waals surface area contributed by atoms with E-state index in [1.54, 1.807) is 0 Å².